The molecule has 0 saturated heterocycles. The molecule has 1 aliphatic rings. The summed E-state index contributed by atoms with van der Waals surface area (Å²) in [7, 11) is 3.69. The van der Waals surface area contributed by atoms with Crippen LogP contribution in [0, 0.1) is 14.9 Å². The molecular formula is C31H30IN3O2S. The van der Waals surface area contributed by atoms with Crippen LogP contribution < -0.4 is 10.1 Å². The Bertz CT molecular complexity index is 1500. The number of carbonyl (C=O) groups is 1. The van der Waals surface area contributed by atoms with Crippen LogP contribution in [0.1, 0.15) is 46.5 Å². The van der Waals surface area contributed by atoms with E-state index in [1.807, 2.05) is 55.6 Å². The average Bonchev–Trinajstić information content (AvgIpc) is 3.31. The van der Waals surface area contributed by atoms with Crippen molar-refractivity contribution in [1.82, 2.24) is 10.2 Å². The second-order valence-electron chi connectivity index (χ2n) is 9.69. The number of thiophene rings is 1. The number of hydrogen-bond donors (Lipinski definition) is 1. The van der Waals surface area contributed by atoms with E-state index in [1.54, 1.807) is 18.4 Å². The Kier molecular flexibility index (Phi) is 8.32. The summed E-state index contributed by atoms with van der Waals surface area (Å²) >= 11 is 3.91. The standard InChI is InChI=1S/C31H30IN3O2S/c1-34-24-11-13-25(14-12-24)35(31(36)30-29(32)26-8-3-4-9-28(26)38-30)19-23-17-22(10-15-27(23)37-2)21-7-5-6-20(16-21)18-33/h3-10,15-17,24-25,34H,11-14,19H2,1-2H3. The van der Waals surface area contributed by atoms with Crippen LogP contribution >= 0.6 is 33.9 Å². The summed E-state index contributed by atoms with van der Waals surface area (Å²) in [6.45, 7) is 0.465. The lowest BCUT2D eigenvalue weighted by Crippen LogP contribution is -2.44. The SMILES string of the molecule is CNC1CCC(N(Cc2cc(-c3cccc(C#N)c3)ccc2OC)C(=O)c2sc3ccccc3c2I)CC1. The van der Waals surface area contributed by atoms with Gasteiger partial charge in [0.25, 0.3) is 5.91 Å². The molecular weight excluding hydrogens is 605 g/mol. The molecule has 5 nitrogen and oxygen atoms in total. The molecule has 3 aromatic carbocycles. The molecule has 1 amide bonds. The highest BCUT2D eigenvalue weighted by atomic mass is 127. The second-order valence-corrected chi connectivity index (χ2v) is 11.8. The Morgan fingerprint density at radius 1 is 1.08 bits per heavy atom. The predicted molar refractivity (Wildman–Crippen MR) is 163 cm³/mol. The van der Waals surface area contributed by atoms with Gasteiger partial charge in [-0.25, -0.2) is 0 Å². The van der Waals surface area contributed by atoms with Crippen molar-refractivity contribution in [2.75, 3.05) is 14.2 Å². The summed E-state index contributed by atoms with van der Waals surface area (Å²) in [5.41, 5.74) is 3.56. The molecule has 0 atom stereocenters. The molecule has 1 fully saturated rings. The van der Waals surface area contributed by atoms with Crippen LogP contribution in [0.15, 0.2) is 66.7 Å². The van der Waals surface area contributed by atoms with Crippen molar-refractivity contribution in [2.24, 2.45) is 0 Å². The van der Waals surface area contributed by atoms with Crippen molar-refractivity contribution in [1.29, 1.82) is 5.26 Å². The van der Waals surface area contributed by atoms with Crippen LogP contribution in [0.3, 0.4) is 0 Å². The highest BCUT2D eigenvalue weighted by molar-refractivity contribution is 14.1. The van der Waals surface area contributed by atoms with Crippen molar-refractivity contribution in [2.45, 2.75) is 44.3 Å². The van der Waals surface area contributed by atoms with Crippen molar-refractivity contribution >= 4 is 49.9 Å². The number of carbonyl (C=O) groups excluding carboxylic acids is 1. The molecule has 194 valence electrons. The largest absolute Gasteiger partial charge is 0.496 e. The Morgan fingerprint density at radius 3 is 2.55 bits per heavy atom. The van der Waals surface area contributed by atoms with Gasteiger partial charge < -0.3 is 15.0 Å². The van der Waals surface area contributed by atoms with Crippen LogP contribution in [0.25, 0.3) is 21.2 Å². The molecule has 1 heterocycles. The predicted octanol–water partition coefficient (Wildman–Crippen LogP) is 7.23. The molecule has 0 spiro atoms. The first-order chi connectivity index (χ1) is 18.5. The van der Waals surface area contributed by atoms with Crippen molar-refractivity contribution < 1.29 is 9.53 Å². The monoisotopic (exact) mass is 635 g/mol. The third kappa shape index (κ3) is 5.44. The van der Waals surface area contributed by atoms with E-state index >= 15 is 0 Å². The summed E-state index contributed by atoms with van der Waals surface area (Å²) in [6.07, 6.45) is 4.02. The topological polar surface area (TPSA) is 65.4 Å². The second kappa shape index (κ2) is 11.9. The highest BCUT2D eigenvalue weighted by Crippen LogP contribution is 2.36. The molecule has 1 N–H and O–H groups in total. The van der Waals surface area contributed by atoms with Gasteiger partial charge in [-0.1, -0.05) is 36.4 Å². The van der Waals surface area contributed by atoms with Gasteiger partial charge in [0.05, 0.1) is 18.7 Å². The van der Waals surface area contributed by atoms with Gasteiger partial charge in [0.1, 0.15) is 10.6 Å². The number of hydrogen-bond acceptors (Lipinski definition) is 5. The number of rotatable bonds is 7. The number of nitrogens with zero attached hydrogens (tertiary/aromatic N) is 2. The zero-order valence-electron chi connectivity index (χ0n) is 21.5. The molecule has 4 aromatic rings. The molecule has 1 aromatic heterocycles. The third-order valence-electron chi connectivity index (χ3n) is 7.48. The summed E-state index contributed by atoms with van der Waals surface area (Å²) in [5, 5.41) is 13.9. The Morgan fingerprint density at radius 2 is 1.84 bits per heavy atom. The fraction of sp³-hybridized carbons (Fsp3) is 0.290. The average molecular weight is 636 g/mol. The molecule has 0 aliphatic heterocycles. The maximum atomic E-state index is 14.3. The van der Waals surface area contributed by atoms with Crippen LogP contribution in [0.4, 0.5) is 0 Å². The smallest absolute Gasteiger partial charge is 0.265 e. The Balaban J connectivity index is 1.53. The van der Waals surface area contributed by atoms with Crippen molar-refractivity contribution in [3.8, 4) is 22.9 Å². The first-order valence-electron chi connectivity index (χ1n) is 12.8. The van der Waals surface area contributed by atoms with Gasteiger partial charge in [0.2, 0.25) is 0 Å². The number of benzene rings is 3. The highest BCUT2D eigenvalue weighted by Gasteiger charge is 2.32. The lowest BCUT2D eigenvalue weighted by molar-refractivity contribution is 0.0603. The Hall–Kier alpha value is -2.93. The molecule has 5 rings (SSSR count). The van der Waals surface area contributed by atoms with Gasteiger partial charge in [-0.15, -0.1) is 11.3 Å². The van der Waals surface area contributed by atoms with Gasteiger partial charge in [-0.3, -0.25) is 4.79 Å². The van der Waals surface area contributed by atoms with Crippen molar-refractivity contribution in [3.63, 3.8) is 0 Å². The molecule has 0 radical (unpaired) electrons. The minimum atomic E-state index is 0.0856. The minimum absolute atomic E-state index is 0.0856. The van der Waals surface area contributed by atoms with E-state index in [4.69, 9.17) is 4.74 Å². The van der Waals surface area contributed by atoms with Crippen LogP contribution in [0.5, 0.6) is 5.75 Å². The van der Waals surface area contributed by atoms with E-state index in [1.165, 1.54) is 0 Å². The summed E-state index contributed by atoms with van der Waals surface area (Å²) in [6, 6.07) is 24.8. The summed E-state index contributed by atoms with van der Waals surface area (Å²) in [4.78, 5) is 17.1. The fourth-order valence-corrected chi connectivity index (χ4v) is 7.62. The van der Waals surface area contributed by atoms with Gasteiger partial charge in [0, 0.05) is 37.8 Å². The molecule has 38 heavy (non-hydrogen) atoms. The van der Waals surface area contributed by atoms with Gasteiger partial charge in [-0.2, -0.15) is 5.26 Å². The number of halogens is 1. The molecule has 1 saturated carbocycles. The number of fused-ring (bicyclic) bond motifs is 1. The fourth-order valence-electron chi connectivity index (χ4n) is 5.36. The molecule has 7 heteroatoms. The van der Waals surface area contributed by atoms with Crippen LogP contribution in [-0.4, -0.2) is 37.0 Å². The van der Waals surface area contributed by atoms with Crippen LogP contribution in [-0.2, 0) is 6.54 Å². The first kappa shape index (κ1) is 26.7. The number of ether oxygens (including phenoxy) is 1. The zero-order valence-corrected chi connectivity index (χ0v) is 24.5. The maximum absolute atomic E-state index is 14.3. The van der Waals surface area contributed by atoms with Gasteiger partial charge in [-0.05, 0) is 96.8 Å². The lowest BCUT2D eigenvalue weighted by atomic mass is 9.89. The number of amides is 1. The third-order valence-corrected chi connectivity index (χ3v) is 10.1. The van der Waals surface area contributed by atoms with E-state index in [2.05, 4.69) is 57.1 Å². The minimum Gasteiger partial charge on any atom is -0.496 e. The number of nitrogens with one attached hydrogen (secondary N) is 1. The van der Waals surface area contributed by atoms with Crippen LogP contribution in [0.2, 0.25) is 0 Å². The van der Waals surface area contributed by atoms with E-state index in [0.717, 1.165) is 66.7 Å². The summed E-state index contributed by atoms with van der Waals surface area (Å²) < 4.78 is 7.92. The zero-order chi connectivity index (χ0) is 26.6. The number of methoxy groups -OCH3 is 1. The van der Waals surface area contributed by atoms with E-state index in [-0.39, 0.29) is 11.9 Å². The van der Waals surface area contributed by atoms with E-state index in [9.17, 15) is 10.1 Å². The number of nitriles is 1. The molecule has 0 bridgehead atoms. The molecule has 1 aliphatic carbocycles. The summed E-state index contributed by atoms with van der Waals surface area (Å²) in [5.74, 6) is 0.848. The first-order valence-corrected chi connectivity index (χ1v) is 14.7. The quantitative estimate of drug-likeness (QED) is 0.218. The Labute approximate surface area is 241 Å². The van der Waals surface area contributed by atoms with E-state index in [0.29, 0.717) is 18.2 Å². The van der Waals surface area contributed by atoms with Gasteiger partial charge >= 0.3 is 0 Å². The lowest BCUT2D eigenvalue weighted by Gasteiger charge is -2.37. The molecule has 0 unspecified atom stereocenters. The normalized spacial score (nSPS) is 17.2. The maximum Gasteiger partial charge on any atom is 0.265 e. The van der Waals surface area contributed by atoms with E-state index < -0.39 is 0 Å². The van der Waals surface area contributed by atoms with Gasteiger partial charge in [0.15, 0.2) is 0 Å². The van der Waals surface area contributed by atoms with Crippen molar-refractivity contribution in [3.05, 3.63) is 86.3 Å².